The summed E-state index contributed by atoms with van der Waals surface area (Å²) >= 11 is 0. The van der Waals surface area contributed by atoms with Gasteiger partial charge in [0.2, 0.25) is 5.82 Å². The van der Waals surface area contributed by atoms with E-state index in [0.29, 0.717) is 12.8 Å². The van der Waals surface area contributed by atoms with Crippen LogP contribution in [-0.4, -0.2) is 29.8 Å². The molecule has 0 saturated carbocycles. The lowest BCUT2D eigenvalue weighted by molar-refractivity contribution is -0.407. The van der Waals surface area contributed by atoms with Gasteiger partial charge in [-0.25, -0.2) is 22.0 Å². The Morgan fingerprint density at radius 1 is 0.706 bits per heavy atom. The second-order valence-corrected chi connectivity index (χ2v) is 9.23. The molecule has 0 heterocycles. The Bertz CT molecular complexity index is 707. The summed E-state index contributed by atoms with van der Waals surface area (Å²) < 4.78 is 79.4. The van der Waals surface area contributed by atoms with Crippen molar-refractivity contribution < 1.29 is 36.5 Å². The minimum absolute atomic E-state index is 0.0647. The molecule has 0 radical (unpaired) electrons. The molecule has 1 aromatic carbocycles. The first-order chi connectivity index (χ1) is 15.9. The molecule has 0 aliphatic carbocycles. The molecule has 0 bridgehead atoms. The largest absolute Gasteiger partial charge is 0.380 e. The van der Waals surface area contributed by atoms with Crippen molar-refractivity contribution in [3.8, 4) is 0 Å². The first-order valence-electron chi connectivity index (χ1n) is 12.3. The molecule has 0 saturated heterocycles. The van der Waals surface area contributed by atoms with E-state index < -0.39 is 46.7 Å². The van der Waals surface area contributed by atoms with Gasteiger partial charge in [0.15, 0.2) is 23.3 Å². The predicted molar refractivity (Wildman–Crippen MR) is 123 cm³/mol. The van der Waals surface area contributed by atoms with E-state index in [1.807, 2.05) is 0 Å². The Labute approximate surface area is 200 Å². The normalized spacial score (nSPS) is 13.2. The van der Waals surface area contributed by atoms with Crippen LogP contribution in [0, 0.1) is 35.0 Å². The standard InChI is InChI=1S/C25H40F5NO3/c1-6-7-8-9-10-11-13-18(25(32,33-16(2)3)34-17(4)5)14-12-15-31-24-22(29)20(27)19(26)21(28)23(24)30/h16-18,31-32H,6-15H2,1-5H3. The van der Waals surface area contributed by atoms with E-state index in [0.717, 1.165) is 32.1 Å². The van der Waals surface area contributed by atoms with Crippen molar-refractivity contribution in [2.24, 2.45) is 5.92 Å². The van der Waals surface area contributed by atoms with E-state index in [2.05, 4.69) is 12.2 Å². The Balaban J connectivity index is 2.87. The van der Waals surface area contributed by atoms with Gasteiger partial charge in [-0.3, -0.25) is 0 Å². The molecular formula is C25H40F5NO3. The molecular weight excluding hydrogens is 457 g/mol. The molecule has 0 amide bonds. The van der Waals surface area contributed by atoms with Crippen LogP contribution in [-0.2, 0) is 9.47 Å². The number of halogens is 5. The van der Waals surface area contributed by atoms with Gasteiger partial charge >= 0.3 is 0 Å². The monoisotopic (exact) mass is 497 g/mol. The molecule has 1 rings (SSSR count). The van der Waals surface area contributed by atoms with Gasteiger partial charge in [-0.1, -0.05) is 45.4 Å². The van der Waals surface area contributed by atoms with Crippen LogP contribution in [0.15, 0.2) is 0 Å². The van der Waals surface area contributed by atoms with E-state index in [4.69, 9.17) is 9.47 Å². The lowest BCUT2D eigenvalue weighted by Gasteiger charge is -2.38. The van der Waals surface area contributed by atoms with Crippen molar-refractivity contribution in [3.05, 3.63) is 29.1 Å². The number of unbranched alkanes of at least 4 members (excludes halogenated alkanes) is 5. The van der Waals surface area contributed by atoms with Crippen LogP contribution in [0.2, 0.25) is 0 Å². The van der Waals surface area contributed by atoms with Gasteiger partial charge in [-0.2, -0.15) is 0 Å². The summed E-state index contributed by atoms with van der Waals surface area (Å²) in [6.07, 6.45) is 6.96. The molecule has 4 nitrogen and oxygen atoms in total. The van der Waals surface area contributed by atoms with Crippen LogP contribution in [0.3, 0.4) is 0 Å². The zero-order valence-electron chi connectivity index (χ0n) is 21.0. The summed E-state index contributed by atoms with van der Waals surface area (Å²) in [5.41, 5.74) is -1.06. The Kier molecular flexibility index (Phi) is 13.3. The third kappa shape index (κ3) is 9.30. The van der Waals surface area contributed by atoms with Crippen molar-refractivity contribution in [3.63, 3.8) is 0 Å². The quantitative estimate of drug-likeness (QED) is 0.0772. The fourth-order valence-electron chi connectivity index (χ4n) is 3.90. The summed E-state index contributed by atoms with van der Waals surface area (Å²) in [5.74, 6) is -12.3. The number of rotatable bonds is 17. The first-order valence-corrected chi connectivity index (χ1v) is 12.3. The molecule has 0 fully saturated rings. The molecule has 1 atom stereocenters. The van der Waals surface area contributed by atoms with Gasteiger partial charge in [-0.15, -0.1) is 0 Å². The highest BCUT2D eigenvalue weighted by Crippen LogP contribution is 2.33. The van der Waals surface area contributed by atoms with Crippen LogP contribution >= 0.6 is 0 Å². The highest BCUT2D eigenvalue weighted by molar-refractivity contribution is 5.47. The van der Waals surface area contributed by atoms with Gasteiger partial charge in [0.05, 0.1) is 12.2 Å². The maximum atomic E-state index is 13.9. The molecule has 0 spiro atoms. The predicted octanol–water partition coefficient (Wildman–Crippen LogP) is 7.44. The second kappa shape index (κ2) is 14.8. The fourth-order valence-corrected chi connectivity index (χ4v) is 3.90. The molecule has 9 heteroatoms. The Morgan fingerprint density at radius 2 is 1.15 bits per heavy atom. The highest BCUT2D eigenvalue weighted by Gasteiger charge is 2.40. The van der Waals surface area contributed by atoms with Crippen molar-refractivity contribution in [2.45, 2.75) is 111 Å². The molecule has 0 aliphatic rings. The third-order valence-electron chi connectivity index (χ3n) is 5.47. The molecule has 0 aromatic heterocycles. The zero-order valence-corrected chi connectivity index (χ0v) is 21.0. The summed E-state index contributed by atoms with van der Waals surface area (Å²) in [6, 6.07) is 0. The molecule has 0 aliphatic heterocycles. The lowest BCUT2D eigenvalue weighted by atomic mass is 9.92. The number of aliphatic hydroxyl groups is 1. The van der Waals surface area contributed by atoms with Crippen molar-refractivity contribution in [2.75, 3.05) is 11.9 Å². The van der Waals surface area contributed by atoms with E-state index in [-0.39, 0.29) is 25.2 Å². The van der Waals surface area contributed by atoms with Crippen LogP contribution < -0.4 is 5.32 Å². The van der Waals surface area contributed by atoms with Gasteiger partial charge < -0.3 is 19.9 Å². The fraction of sp³-hybridized carbons (Fsp3) is 0.760. The molecule has 1 aromatic rings. The topological polar surface area (TPSA) is 50.7 Å². The number of hydrogen-bond donors (Lipinski definition) is 2. The van der Waals surface area contributed by atoms with Gasteiger partial charge in [0.25, 0.3) is 5.97 Å². The highest BCUT2D eigenvalue weighted by atomic mass is 19.2. The molecule has 34 heavy (non-hydrogen) atoms. The molecule has 2 N–H and O–H groups in total. The average Bonchev–Trinajstić information content (AvgIpc) is 2.75. The van der Waals surface area contributed by atoms with E-state index in [1.165, 1.54) is 6.42 Å². The minimum Gasteiger partial charge on any atom is -0.380 e. The summed E-state index contributed by atoms with van der Waals surface area (Å²) in [4.78, 5) is 0. The lowest BCUT2D eigenvalue weighted by Crippen LogP contribution is -2.47. The van der Waals surface area contributed by atoms with E-state index in [9.17, 15) is 27.1 Å². The minimum atomic E-state index is -2.19. The van der Waals surface area contributed by atoms with Crippen molar-refractivity contribution in [1.82, 2.24) is 0 Å². The van der Waals surface area contributed by atoms with Gasteiger partial charge in [0, 0.05) is 12.5 Å². The van der Waals surface area contributed by atoms with Gasteiger partial charge in [-0.05, 0) is 47.0 Å². The SMILES string of the molecule is CCCCCCCCC(CCCNc1c(F)c(F)c(F)c(F)c1F)C(O)(OC(C)C)OC(C)C. The first kappa shape index (κ1) is 30.6. The van der Waals surface area contributed by atoms with Gasteiger partial charge in [0.1, 0.15) is 5.69 Å². The van der Waals surface area contributed by atoms with E-state index in [1.54, 1.807) is 27.7 Å². The Hall–Kier alpha value is -1.45. The molecule has 1 unspecified atom stereocenters. The smallest absolute Gasteiger partial charge is 0.283 e. The van der Waals surface area contributed by atoms with Crippen molar-refractivity contribution in [1.29, 1.82) is 0 Å². The summed E-state index contributed by atoms with van der Waals surface area (Å²) in [5, 5.41) is 13.5. The zero-order chi connectivity index (χ0) is 25.9. The molecule has 198 valence electrons. The van der Waals surface area contributed by atoms with Crippen LogP contribution in [0.25, 0.3) is 0 Å². The third-order valence-corrected chi connectivity index (χ3v) is 5.47. The maximum absolute atomic E-state index is 13.9. The number of benzene rings is 1. The summed E-state index contributed by atoms with van der Waals surface area (Å²) in [6.45, 7) is 9.19. The number of ether oxygens (including phenoxy) is 2. The second-order valence-electron chi connectivity index (χ2n) is 9.23. The Morgan fingerprint density at radius 3 is 1.65 bits per heavy atom. The number of nitrogens with one attached hydrogen (secondary N) is 1. The van der Waals surface area contributed by atoms with E-state index >= 15 is 0 Å². The summed E-state index contributed by atoms with van der Waals surface area (Å²) in [7, 11) is 0. The maximum Gasteiger partial charge on any atom is 0.283 e. The van der Waals surface area contributed by atoms with Crippen molar-refractivity contribution >= 4 is 5.69 Å². The average molecular weight is 498 g/mol. The van der Waals surface area contributed by atoms with Crippen LogP contribution in [0.4, 0.5) is 27.6 Å². The number of hydrogen-bond acceptors (Lipinski definition) is 4. The number of anilines is 1. The van der Waals surface area contributed by atoms with Crippen LogP contribution in [0.1, 0.15) is 92.4 Å². The van der Waals surface area contributed by atoms with Crippen LogP contribution in [0.5, 0.6) is 0 Å².